The van der Waals surface area contributed by atoms with Crippen LogP contribution in [0.4, 0.5) is 9.93 Å². The molecule has 2 amide bonds. The Hall–Kier alpha value is -1.14. The quantitative estimate of drug-likeness (QED) is 0.901. The van der Waals surface area contributed by atoms with Gasteiger partial charge in [0.2, 0.25) is 0 Å². The summed E-state index contributed by atoms with van der Waals surface area (Å²) in [5.41, 5.74) is 0.0724. The molecule has 20 heavy (non-hydrogen) atoms. The van der Waals surface area contributed by atoms with Crippen molar-refractivity contribution in [3.63, 3.8) is 0 Å². The summed E-state index contributed by atoms with van der Waals surface area (Å²) in [5.74, 6) is 0. The monoisotopic (exact) mass is 296 g/mol. The van der Waals surface area contributed by atoms with Crippen LogP contribution in [0.3, 0.4) is 0 Å². The zero-order chi connectivity index (χ0) is 14.8. The summed E-state index contributed by atoms with van der Waals surface area (Å²) in [6.45, 7) is 8.12. The van der Waals surface area contributed by atoms with Gasteiger partial charge in [-0.3, -0.25) is 5.32 Å². The van der Waals surface area contributed by atoms with Gasteiger partial charge in [0.25, 0.3) is 0 Å². The number of anilines is 1. The maximum Gasteiger partial charge on any atom is 0.323 e. The SMILES string of the molecule is CNCC1CCCN1C(=O)Nc1ncc(C(C)(C)C)s1. The second kappa shape index (κ2) is 6.10. The van der Waals surface area contributed by atoms with Gasteiger partial charge in [0.15, 0.2) is 5.13 Å². The Morgan fingerprint density at radius 3 is 2.90 bits per heavy atom. The van der Waals surface area contributed by atoms with Crippen molar-refractivity contribution in [1.82, 2.24) is 15.2 Å². The number of likely N-dealkylation sites (N-methyl/N-ethyl adjacent to an activating group) is 1. The van der Waals surface area contributed by atoms with Gasteiger partial charge in [-0.15, -0.1) is 11.3 Å². The lowest BCUT2D eigenvalue weighted by Crippen LogP contribution is -2.43. The van der Waals surface area contributed by atoms with Gasteiger partial charge >= 0.3 is 6.03 Å². The Bertz CT molecular complexity index is 466. The minimum atomic E-state index is -0.0300. The van der Waals surface area contributed by atoms with Gasteiger partial charge in [-0.1, -0.05) is 20.8 Å². The minimum Gasteiger partial charge on any atom is -0.320 e. The van der Waals surface area contributed by atoms with Crippen molar-refractivity contribution in [2.75, 3.05) is 25.5 Å². The zero-order valence-corrected chi connectivity index (χ0v) is 13.5. The van der Waals surface area contributed by atoms with Crippen molar-refractivity contribution < 1.29 is 4.79 Å². The van der Waals surface area contributed by atoms with Crippen molar-refractivity contribution in [2.24, 2.45) is 0 Å². The van der Waals surface area contributed by atoms with Crippen molar-refractivity contribution in [3.05, 3.63) is 11.1 Å². The number of hydrogen-bond donors (Lipinski definition) is 2. The number of thiazole rings is 1. The predicted octanol–water partition coefficient (Wildman–Crippen LogP) is 2.66. The normalized spacial score (nSPS) is 19.4. The molecule has 1 aliphatic rings. The average molecular weight is 296 g/mol. The largest absolute Gasteiger partial charge is 0.323 e. The first kappa shape index (κ1) is 15.3. The van der Waals surface area contributed by atoms with E-state index in [1.807, 2.05) is 18.1 Å². The van der Waals surface area contributed by atoms with Crippen molar-refractivity contribution in [1.29, 1.82) is 0 Å². The van der Waals surface area contributed by atoms with Gasteiger partial charge in [-0.25, -0.2) is 9.78 Å². The van der Waals surface area contributed by atoms with Crippen LogP contribution in [-0.2, 0) is 5.41 Å². The fourth-order valence-electron chi connectivity index (χ4n) is 2.39. The molecule has 1 aromatic rings. The molecule has 1 aromatic heterocycles. The summed E-state index contributed by atoms with van der Waals surface area (Å²) in [5, 5.41) is 6.77. The third-order valence-electron chi connectivity index (χ3n) is 3.54. The van der Waals surface area contributed by atoms with Crippen LogP contribution in [0, 0.1) is 0 Å². The van der Waals surface area contributed by atoms with E-state index in [1.54, 1.807) is 11.3 Å². The third kappa shape index (κ3) is 3.49. The third-order valence-corrected chi connectivity index (χ3v) is 4.88. The van der Waals surface area contributed by atoms with Crippen LogP contribution in [0.2, 0.25) is 0 Å². The van der Waals surface area contributed by atoms with Crippen molar-refractivity contribution in [2.45, 2.75) is 45.1 Å². The number of carbonyl (C=O) groups is 1. The number of carbonyl (C=O) groups excluding carboxylic acids is 1. The number of rotatable bonds is 3. The van der Waals surface area contributed by atoms with Crippen LogP contribution < -0.4 is 10.6 Å². The van der Waals surface area contributed by atoms with Crippen LogP contribution >= 0.6 is 11.3 Å². The maximum absolute atomic E-state index is 12.3. The average Bonchev–Trinajstić information content (AvgIpc) is 2.97. The van der Waals surface area contributed by atoms with E-state index < -0.39 is 0 Å². The molecule has 0 radical (unpaired) electrons. The van der Waals surface area contributed by atoms with Gasteiger partial charge in [-0.2, -0.15) is 0 Å². The zero-order valence-electron chi connectivity index (χ0n) is 12.7. The molecule has 1 saturated heterocycles. The summed E-state index contributed by atoms with van der Waals surface area (Å²) in [6, 6.07) is 0.264. The number of nitrogens with zero attached hydrogens (tertiary/aromatic N) is 2. The van der Waals surface area contributed by atoms with E-state index in [2.05, 4.69) is 36.4 Å². The topological polar surface area (TPSA) is 57.3 Å². The Balaban J connectivity index is 1.99. The van der Waals surface area contributed by atoms with E-state index in [0.29, 0.717) is 11.2 Å². The van der Waals surface area contributed by atoms with E-state index in [0.717, 1.165) is 25.9 Å². The van der Waals surface area contributed by atoms with E-state index >= 15 is 0 Å². The lowest BCUT2D eigenvalue weighted by molar-refractivity contribution is 0.206. The number of hydrogen-bond acceptors (Lipinski definition) is 4. The Labute approximate surface area is 124 Å². The van der Waals surface area contributed by atoms with Crippen LogP contribution in [0.25, 0.3) is 0 Å². The number of nitrogens with one attached hydrogen (secondary N) is 2. The van der Waals surface area contributed by atoms with Crippen LogP contribution in [-0.4, -0.2) is 42.1 Å². The number of amides is 2. The molecular weight excluding hydrogens is 272 g/mol. The second-order valence-electron chi connectivity index (χ2n) is 6.26. The molecular formula is C14H24N4OS. The molecule has 0 saturated carbocycles. The molecule has 1 fully saturated rings. The molecule has 1 aliphatic heterocycles. The van der Waals surface area contributed by atoms with Gasteiger partial charge in [0.1, 0.15) is 0 Å². The molecule has 2 heterocycles. The Kier molecular flexibility index (Phi) is 4.65. The summed E-state index contributed by atoms with van der Waals surface area (Å²) < 4.78 is 0. The predicted molar refractivity (Wildman–Crippen MR) is 83.5 cm³/mol. The Morgan fingerprint density at radius 2 is 2.30 bits per heavy atom. The lowest BCUT2D eigenvalue weighted by Gasteiger charge is -2.24. The molecule has 0 bridgehead atoms. The highest BCUT2D eigenvalue weighted by Crippen LogP contribution is 2.30. The minimum absolute atomic E-state index is 0.0300. The molecule has 112 valence electrons. The van der Waals surface area contributed by atoms with E-state index in [-0.39, 0.29) is 11.4 Å². The number of aromatic nitrogens is 1. The second-order valence-corrected chi connectivity index (χ2v) is 7.29. The van der Waals surface area contributed by atoms with Gasteiger partial charge in [0, 0.05) is 30.2 Å². The first-order chi connectivity index (χ1) is 9.41. The Morgan fingerprint density at radius 1 is 1.55 bits per heavy atom. The summed E-state index contributed by atoms with van der Waals surface area (Å²) in [4.78, 5) is 19.7. The molecule has 0 aromatic carbocycles. The molecule has 2 rings (SSSR count). The van der Waals surface area contributed by atoms with Crippen molar-refractivity contribution >= 4 is 22.5 Å². The summed E-state index contributed by atoms with van der Waals surface area (Å²) in [6.07, 6.45) is 4.00. The highest BCUT2D eigenvalue weighted by molar-refractivity contribution is 7.15. The van der Waals surface area contributed by atoms with Crippen molar-refractivity contribution in [3.8, 4) is 0 Å². The van der Waals surface area contributed by atoms with Gasteiger partial charge < -0.3 is 10.2 Å². The molecule has 0 spiro atoms. The van der Waals surface area contributed by atoms with E-state index in [4.69, 9.17) is 0 Å². The summed E-state index contributed by atoms with van der Waals surface area (Å²) in [7, 11) is 1.92. The molecule has 5 nitrogen and oxygen atoms in total. The van der Waals surface area contributed by atoms with Crippen LogP contribution in [0.5, 0.6) is 0 Å². The molecule has 0 aliphatic carbocycles. The smallest absolute Gasteiger partial charge is 0.320 e. The van der Waals surface area contributed by atoms with Crippen LogP contribution in [0.1, 0.15) is 38.5 Å². The maximum atomic E-state index is 12.3. The van der Waals surface area contributed by atoms with E-state index in [1.165, 1.54) is 4.88 Å². The highest BCUT2D eigenvalue weighted by atomic mass is 32.1. The first-order valence-corrected chi connectivity index (χ1v) is 7.92. The lowest BCUT2D eigenvalue weighted by atomic mass is 9.96. The fraction of sp³-hybridized carbons (Fsp3) is 0.714. The van der Waals surface area contributed by atoms with Crippen LogP contribution in [0.15, 0.2) is 6.20 Å². The molecule has 1 atom stereocenters. The molecule has 1 unspecified atom stereocenters. The fourth-order valence-corrected chi connectivity index (χ4v) is 3.26. The first-order valence-electron chi connectivity index (χ1n) is 7.10. The summed E-state index contributed by atoms with van der Waals surface area (Å²) >= 11 is 1.56. The number of urea groups is 1. The molecule has 6 heteroatoms. The van der Waals surface area contributed by atoms with Gasteiger partial charge in [0.05, 0.1) is 0 Å². The number of likely N-dealkylation sites (tertiary alicyclic amines) is 1. The van der Waals surface area contributed by atoms with E-state index in [9.17, 15) is 4.79 Å². The van der Waals surface area contributed by atoms with Gasteiger partial charge in [-0.05, 0) is 25.3 Å². The standard InChI is InChI=1S/C14H24N4OS/c1-14(2,3)11-9-16-12(20-11)17-13(19)18-7-5-6-10(18)8-15-4/h9-10,15H,5-8H2,1-4H3,(H,16,17,19). The molecule has 2 N–H and O–H groups in total. The highest BCUT2D eigenvalue weighted by Gasteiger charge is 2.28.